The quantitative estimate of drug-likeness (QED) is 0.273. The lowest BCUT2D eigenvalue weighted by molar-refractivity contribution is 0.0636. The Balaban J connectivity index is 1.27. The van der Waals surface area contributed by atoms with Crippen LogP contribution in [0.3, 0.4) is 0 Å². The Labute approximate surface area is 232 Å². The van der Waals surface area contributed by atoms with Gasteiger partial charge in [-0.2, -0.15) is 9.61 Å². The smallest absolute Gasteiger partial charge is 0.412 e. The summed E-state index contributed by atoms with van der Waals surface area (Å²) in [6.07, 6.45) is 3.19. The molecule has 1 aliphatic carbocycles. The minimum absolute atomic E-state index is 0.226. The van der Waals surface area contributed by atoms with E-state index < -0.39 is 11.7 Å². The zero-order chi connectivity index (χ0) is 27.9. The number of rotatable bonds is 6. The molecular formula is C31H30N6O3. The molecule has 1 amide bonds. The number of aromatic nitrogens is 5. The lowest BCUT2D eigenvalue weighted by atomic mass is 9.95. The number of nitrogens with one attached hydrogen (secondary N) is 1. The molecule has 9 heteroatoms. The minimum Gasteiger partial charge on any atom is -0.497 e. The second kappa shape index (κ2) is 9.75. The van der Waals surface area contributed by atoms with Gasteiger partial charge in [-0.25, -0.2) is 9.78 Å². The van der Waals surface area contributed by atoms with E-state index in [9.17, 15) is 4.79 Å². The highest BCUT2D eigenvalue weighted by molar-refractivity contribution is 5.85. The second-order valence-electron chi connectivity index (χ2n) is 11.0. The Hall–Kier alpha value is -4.79. The average molecular weight is 535 g/mol. The van der Waals surface area contributed by atoms with Gasteiger partial charge in [0.15, 0.2) is 5.82 Å². The molecule has 1 aliphatic rings. The van der Waals surface area contributed by atoms with Crippen LogP contribution in [0.4, 0.5) is 10.5 Å². The van der Waals surface area contributed by atoms with Gasteiger partial charge >= 0.3 is 6.09 Å². The van der Waals surface area contributed by atoms with Gasteiger partial charge in [-0.05, 0) is 80.6 Å². The number of carbonyl (C=O) groups excluding carboxylic acids is 1. The SMILES string of the molecule is COc1ccc(C2(c3nnc4ncc(-c5cccc(-c6ccc(NC(=O)OC(C)(C)C)cc6)c5)nn34)CC2)cc1. The van der Waals surface area contributed by atoms with Gasteiger partial charge in [-0.1, -0.05) is 42.5 Å². The molecule has 2 heterocycles. The van der Waals surface area contributed by atoms with E-state index in [1.165, 1.54) is 5.56 Å². The van der Waals surface area contributed by atoms with Crippen molar-refractivity contribution in [2.24, 2.45) is 0 Å². The molecule has 0 saturated heterocycles. The molecule has 0 radical (unpaired) electrons. The van der Waals surface area contributed by atoms with Gasteiger partial charge in [0, 0.05) is 11.3 Å². The van der Waals surface area contributed by atoms with Crippen LogP contribution in [0.5, 0.6) is 5.75 Å². The van der Waals surface area contributed by atoms with Crippen molar-refractivity contribution in [2.75, 3.05) is 12.4 Å². The van der Waals surface area contributed by atoms with E-state index >= 15 is 0 Å². The van der Waals surface area contributed by atoms with Crippen LogP contribution in [0.15, 0.2) is 79.0 Å². The highest BCUT2D eigenvalue weighted by Gasteiger charge is 2.50. The molecule has 40 heavy (non-hydrogen) atoms. The summed E-state index contributed by atoms with van der Waals surface area (Å²) < 4.78 is 12.4. The minimum atomic E-state index is -0.557. The summed E-state index contributed by atoms with van der Waals surface area (Å²) >= 11 is 0. The fourth-order valence-corrected chi connectivity index (χ4v) is 4.83. The molecule has 0 bridgehead atoms. The molecule has 5 aromatic rings. The average Bonchev–Trinajstić information content (AvgIpc) is 3.64. The highest BCUT2D eigenvalue weighted by atomic mass is 16.6. The normalized spacial score (nSPS) is 14.1. The van der Waals surface area contributed by atoms with Crippen LogP contribution in [0.25, 0.3) is 28.2 Å². The molecule has 0 unspecified atom stereocenters. The van der Waals surface area contributed by atoms with Crippen LogP contribution >= 0.6 is 0 Å². The van der Waals surface area contributed by atoms with Crippen LogP contribution in [0.2, 0.25) is 0 Å². The molecule has 0 aliphatic heterocycles. The first-order valence-corrected chi connectivity index (χ1v) is 13.2. The molecule has 0 spiro atoms. The highest BCUT2D eigenvalue weighted by Crippen LogP contribution is 2.52. The molecular weight excluding hydrogens is 504 g/mol. The molecule has 0 atom stereocenters. The molecule has 9 nitrogen and oxygen atoms in total. The lowest BCUT2D eigenvalue weighted by Crippen LogP contribution is -2.27. The van der Waals surface area contributed by atoms with E-state index in [-0.39, 0.29) is 5.41 Å². The summed E-state index contributed by atoms with van der Waals surface area (Å²) in [7, 11) is 1.67. The molecule has 3 aromatic carbocycles. The van der Waals surface area contributed by atoms with Crippen molar-refractivity contribution in [3.05, 3.63) is 90.4 Å². The van der Waals surface area contributed by atoms with Crippen molar-refractivity contribution in [1.29, 1.82) is 0 Å². The lowest BCUT2D eigenvalue weighted by Gasteiger charge is -2.19. The van der Waals surface area contributed by atoms with Gasteiger partial charge in [0.25, 0.3) is 5.78 Å². The van der Waals surface area contributed by atoms with Crippen LogP contribution in [-0.2, 0) is 10.2 Å². The van der Waals surface area contributed by atoms with Gasteiger partial charge in [-0.3, -0.25) is 5.32 Å². The predicted molar refractivity (Wildman–Crippen MR) is 152 cm³/mol. The van der Waals surface area contributed by atoms with Crippen molar-refractivity contribution >= 4 is 17.6 Å². The summed E-state index contributed by atoms with van der Waals surface area (Å²) in [5.41, 5.74) is 4.73. The summed E-state index contributed by atoms with van der Waals surface area (Å²) in [4.78, 5) is 16.7. The Kier molecular flexibility index (Phi) is 6.21. The number of methoxy groups -OCH3 is 1. The molecule has 2 aromatic heterocycles. The van der Waals surface area contributed by atoms with Crippen LogP contribution in [0.1, 0.15) is 45.0 Å². The Morgan fingerprint density at radius 2 is 1.65 bits per heavy atom. The monoisotopic (exact) mass is 534 g/mol. The number of hydrogen-bond donors (Lipinski definition) is 1. The Morgan fingerprint density at radius 3 is 2.33 bits per heavy atom. The maximum atomic E-state index is 12.1. The van der Waals surface area contributed by atoms with Crippen molar-refractivity contribution < 1.29 is 14.3 Å². The Bertz CT molecular complexity index is 1680. The third kappa shape index (κ3) is 4.98. The molecule has 202 valence electrons. The first-order chi connectivity index (χ1) is 19.2. The third-order valence-corrected chi connectivity index (χ3v) is 6.98. The van der Waals surface area contributed by atoms with E-state index in [0.29, 0.717) is 11.5 Å². The van der Waals surface area contributed by atoms with E-state index in [0.717, 1.165) is 46.8 Å². The fraction of sp³-hybridized carbons (Fsp3) is 0.258. The first kappa shape index (κ1) is 25.5. The van der Waals surface area contributed by atoms with E-state index in [1.807, 2.05) is 75.4 Å². The molecule has 1 fully saturated rings. The second-order valence-corrected chi connectivity index (χ2v) is 11.0. The third-order valence-electron chi connectivity index (χ3n) is 6.98. The first-order valence-electron chi connectivity index (χ1n) is 13.2. The molecule has 6 rings (SSSR count). The van der Waals surface area contributed by atoms with E-state index in [1.54, 1.807) is 17.8 Å². The predicted octanol–water partition coefficient (Wildman–Crippen LogP) is 6.29. The van der Waals surface area contributed by atoms with Gasteiger partial charge in [-0.15, -0.1) is 10.2 Å². The number of nitrogens with zero attached hydrogens (tertiary/aromatic N) is 5. The van der Waals surface area contributed by atoms with Gasteiger partial charge in [0.1, 0.15) is 17.0 Å². The number of benzene rings is 3. The maximum Gasteiger partial charge on any atom is 0.412 e. The summed E-state index contributed by atoms with van der Waals surface area (Å²) in [5, 5.41) is 16.5. The number of fused-ring (bicyclic) bond motifs is 1. The number of hydrogen-bond acceptors (Lipinski definition) is 7. The fourth-order valence-electron chi connectivity index (χ4n) is 4.83. The van der Waals surface area contributed by atoms with Gasteiger partial charge < -0.3 is 9.47 Å². The van der Waals surface area contributed by atoms with Crippen molar-refractivity contribution in [2.45, 2.75) is 44.6 Å². The largest absolute Gasteiger partial charge is 0.497 e. The zero-order valence-corrected chi connectivity index (χ0v) is 22.9. The molecule has 1 N–H and O–H groups in total. The summed E-state index contributed by atoms with van der Waals surface area (Å²) in [6, 6.07) is 23.9. The van der Waals surface area contributed by atoms with Crippen molar-refractivity contribution in [1.82, 2.24) is 24.8 Å². The van der Waals surface area contributed by atoms with E-state index in [2.05, 4.69) is 38.7 Å². The standard InChI is InChI=1S/C31H30N6O3/c1-30(2,3)40-29(38)33-24-12-8-20(9-13-24)21-6-5-7-22(18-21)26-19-32-28-35-34-27(37(28)36-26)31(16-17-31)23-10-14-25(39-4)15-11-23/h5-15,18-19H,16-17H2,1-4H3,(H,33,38). The van der Waals surface area contributed by atoms with Crippen LogP contribution in [0, 0.1) is 0 Å². The van der Waals surface area contributed by atoms with Crippen LogP contribution < -0.4 is 10.1 Å². The molecule has 1 saturated carbocycles. The number of ether oxygens (including phenoxy) is 2. The number of anilines is 1. The zero-order valence-electron chi connectivity index (χ0n) is 22.9. The maximum absolute atomic E-state index is 12.1. The van der Waals surface area contributed by atoms with Gasteiger partial charge in [0.05, 0.1) is 18.7 Å². The van der Waals surface area contributed by atoms with Crippen molar-refractivity contribution in [3.63, 3.8) is 0 Å². The van der Waals surface area contributed by atoms with Crippen LogP contribution in [-0.4, -0.2) is 43.6 Å². The summed E-state index contributed by atoms with van der Waals surface area (Å²) in [5.74, 6) is 2.09. The summed E-state index contributed by atoms with van der Waals surface area (Å²) in [6.45, 7) is 5.50. The van der Waals surface area contributed by atoms with Crippen molar-refractivity contribution in [3.8, 4) is 28.1 Å². The number of amides is 1. The number of carbonyl (C=O) groups is 1. The van der Waals surface area contributed by atoms with Gasteiger partial charge in [0.2, 0.25) is 0 Å². The topological polar surface area (TPSA) is 104 Å². The van der Waals surface area contributed by atoms with E-state index in [4.69, 9.17) is 14.6 Å². The Morgan fingerprint density at radius 1 is 0.925 bits per heavy atom.